The summed E-state index contributed by atoms with van der Waals surface area (Å²) in [4.78, 5) is 12.4. The van der Waals surface area contributed by atoms with Crippen LogP contribution in [-0.2, 0) is 9.47 Å². The van der Waals surface area contributed by atoms with Gasteiger partial charge in [0.25, 0.3) is 0 Å². The lowest BCUT2D eigenvalue weighted by atomic mass is 9.54. The lowest BCUT2D eigenvalue weighted by Gasteiger charge is -2.51. The lowest BCUT2D eigenvalue weighted by Crippen LogP contribution is -2.40. The van der Waals surface area contributed by atoms with Crippen LogP contribution in [0.15, 0.2) is 29.8 Å². The van der Waals surface area contributed by atoms with Crippen molar-refractivity contribution in [2.24, 2.45) is 29.6 Å². The van der Waals surface area contributed by atoms with E-state index in [-0.39, 0.29) is 12.0 Å². The standard InChI is InChI=1S/C26H31NO4/c1-29-25(24-20-10-16-9-17(12-20)13-21(24)11-16)18-6-4-7-22(14-18)30-26(28)31-23-8-3-2-5-19(23)15-27/h4,6-7,14,16-17,19-21,23H,2-3,5,8-13H2,1H3/t16?,17?,19-,20?,21?,23-/m1/s1. The van der Waals surface area contributed by atoms with Crippen molar-refractivity contribution in [1.82, 2.24) is 0 Å². The second-order valence-corrected chi connectivity index (χ2v) is 9.85. The second-order valence-electron chi connectivity index (χ2n) is 9.85. The monoisotopic (exact) mass is 421 g/mol. The molecule has 1 aromatic rings. The first-order valence-corrected chi connectivity index (χ1v) is 11.8. The third kappa shape index (κ3) is 4.05. The van der Waals surface area contributed by atoms with Gasteiger partial charge in [-0.1, -0.05) is 18.6 Å². The summed E-state index contributed by atoms with van der Waals surface area (Å²) in [6, 6.07) is 9.83. The fraction of sp³-hybridized carbons (Fsp3) is 0.615. The van der Waals surface area contributed by atoms with Gasteiger partial charge in [-0.05, 0) is 92.7 Å². The molecular formula is C26H31NO4. The van der Waals surface area contributed by atoms with Gasteiger partial charge >= 0.3 is 6.16 Å². The molecule has 1 aromatic carbocycles. The molecular weight excluding hydrogens is 390 g/mol. The van der Waals surface area contributed by atoms with Crippen LogP contribution in [0.4, 0.5) is 4.79 Å². The number of carbonyl (C=O) groups is 1. The maximum Gasteiger partial charge on any atom is 0.514 e. The van der Waals surface area contributed by atoms with Crippen molar-refractivity contribution in [3.63, 3.8) is 0 Å². The van der Waals surface area contributed by atoms with E-state index in [9.17, 15) is 10.1 Å². The van der Waals surface area contributed by atoms with E-state index in [0.717, 1.165) is 48.8 Å². The van der Waals surface area contributed by atoms with Crippen molar-refractivity contribution in [3.05, 3.63) is 35.4 Å². The minimum Gasteiger partial charge on any atom is -0.496 e. The zero-order valence-electron chi connectivity index (χ0n) is 18.2. The van der Waals surface area contributed by atoms with Crippen LogP contribution in [0.2, 0.25) is 0 Å². The van der Waals surface area contributed by atoms with Crippen molar-refractivity contribution in [1.29, 1.82) is 5.26 Å². The van der Waals surface area contributed by atoms with Gasteiger partial charge in [0.1, 0.15) is 17.6 Å². The highest BCUT2D eigenvalue weighted by molar-refractivity contribution is 5.68. The van der Waals surface area contributed by atoms with E-state index in [0.29, 0.717) is 17.6 Å². The molecule has 0 heterocycles. The zero-order chi connectivity index (χ0) is 21.4. The first-order valence-electron chi connectivity index (χ1n) is 11.8. The number of carbonyl (C=O) groups excluding carboxylic acids is 1. The fourth-order valence-corrected chi connectivity index (χ4v) is 6.80. The molecule has 4 bridgehead atoms. The molecule has 5 heteroatoms. The molecule has 5 saturated carbocycles. The highest BCUT2D eigenvalue weighted by atomic mass is 16.7. The molecule has 5 aliphatic carbocycles. The maximum atomic E-state index is 12.4. The van der Waals surface area contributed by atoms with Crippen LogP contribution in [0.3, 0.4) is 0 Å². The molecule has 0 saturated heterocycles. The molecule has 5 aliphatic rings. The Balaban J connectivity index is 1.33. The van der Waals surface area contributed by atoms with Gasteiger partial charge in [-0.3, -0.25) is 0 Å². The molecule has 2 atom stereocenters. The van der Waals surface area contributed by atoms with Crippen LogP contribution in [-0.4, -0.2) is 19.4 Å². The fourth-order valence-electron chi connectivity index (χ4n) is 6.80. The summed E-state index contributed by atoms with van der Waals surface area (Å²) in [5.74, 6) is 4.23. The molecule has 0 unspecified atom stereocenters. The average Bonchev–Trinajstić information content (AvgIpc) is 2.76. The molecule has 5 fully saturated rings. The van der Waals surface area contributed by atoms with Gasteiger partial charge in [0.05, 0.1) is 19.1 Å². The third-order valence-corrected chi connectivity index (χ3v) is 7.90. The van der Waals surface area contributed by atoms with Crippen LogP contribution >= 0.6 is 0 Å². The molecule has 6 rings (SSSR count). The van der Waals surface area contributed by atoms with Gasteiger partial charge in [-0.2, -0.15) is 5.26 Å². The molecule has 5 nitrogen and oxygen atoms in total. The van der Waals surface area contributed by atoms with Crippen molar-refractivity contribution < 1.29 is 19.0 Å². The zero-order valence-corrected chi connectivity index (χ0v) is 18.2. The van der Waals surface area contributed by atoms with E-state index in [2.05, 4.69) is 6.07 Å². The predicted octanol–water partition coefficient (Wildman–Crippen LogP) is 6.10. The Bertz CT molecular complexity index is 884. The SMILES string of the molecule is COC(=C1C2CC3CC(C2)CC1C3)c1cccc(OC(=O)O[C@@H]2CCCC[C@@H]2C#N)c1. The normalized spacial score (nSPS) is 33.5. The highest BCUT2D eigenvalue weighted by Crippen LogP contribution is 2.58. The van der Waals surface area contributed by atoms with E-state index >= 15 is 0 Å². The Labute approximate surface area is 184 Å². The minimum atomic E-state index is -0.731. The van der Waals surface area contributed by atoms with E-state index in [1.165, 1.54) is 37.7 Å². The van der Waals surface area contributed by atoms with Gasteiger partial charge < -0.3 is 14.2 Å². The Morgan fingerprint density at radius 3 is 2.42 bits per heavy atom. The van der Waals surface area contributed by atoms with E-state index in [1.54, 1.807) is 13.2 Å². The van der Waals surface area contributed by atoms with E-state index in [1.807, 2.05) is 18.2 Å². The van der Waals surface area contributed by atoms with E-state index in [4.69, 9.17) is 14.2 Å². The molecule has 0 radical (unpaired) electrons. The molecule has 0 aliphatic heterocycles. The maximum absolute atomic E-state index is 12.4. The van der Waals surface area contributed by atoms with Crippen molar-refractivity contribution in [2.45, 2.75) is 63.9 Å². The summed E-state index contributed by atoms with van der Waals surface area (Å²) in [7, 11) is 1.75. The van der Waals surface area contributed by atoms with Crippen molar-refractivity contribution in [2.75, 3.05) is 7.11 Å². The summed E-state index contributed by atoms with van der Waals surface area (Å²) in [6.45, 7) is 0. The topological polar surface area (TPSA) is 68.6 Å². The van der Waals surface area contributed by atoms with Gasteiger partial charge in [0.2, 0.25) is 0 Å². The number of hydrogen-bond acceptors (Lipinski definition) is 5. The van der Waals surface area contributed by atoms with Gasteiger partial charge in [-0.25, -0.2) is 4.79 Å². The lowest BCUT2D eigenvalue weighted by molar-refractivity contribution is 0.0250. The number of hydrogen-bond donors (Lipinski definition) is 0. The molecule has 0 aromatic heterocycles. The van der Waals surface area contributed by atoms with Gasteiger partial charge in [0.15, 0.2) is 0 Å². The number of nitriles is 1. The summed E-state index contributed by atoms with van der Waals surface area (Å²) < 4.78 is 16.9. The summed E-state index contributed by atoms with van der Waals surface area (Å²) >= 11 is 0. The van der Waals surface area contributed by atoms with Crippen LogP contribution < -0.4 is 4.74 Å². The number of benzene rings is 1. The predicted molar refractivity (Wildman–Crippen MR) is 116 cm³/mol. The Morgan fingerprint density at radius 2 is 1.74 bits per heavy atom. The Morgan fingerprint density at radius 1 is 1.03 bits per heavy atom. The molecule has 164 valence electrons. The summed E-state index contributed by atoms with van der Waals surface area (Å²) in [5.41, 5.74) is 2.44. The average molecular weight is 422 g/mol. The number of nitrogens with zero attached hydrogens (tertiary/aromatic N) is 1. The van der Waals surface area contributed by atoms with Gasteiger partial charge in [-0.15, -0.1) is 0 Å². The molecule has 0 N–H and O–H groups in total. The Kier molecular flexibility index (Phi) is 5.65. The van der Waals surface area contributed by atoms with Gasteiger partial charge in [0, 0.05) is 5.56 Å². The number of allylic oxidation sites excluding steroid dienone is 1. The van der Waals surface area contributed by atoms with Crippen LogP contribution in [0.25, 0.3) is 5.76 Å². The summed E-state index contributed by atoms with van der Waals surface area (Å²) in [6.07, 6.45) is 8.95. The minimum absolute atomic E-state index is 0.241. The van der Waals surface area contributed by atoms with Crippen LogP contribution in [0.5, 0.6) is 5.75 Å². The van der Waals surface area contributed by atoms with Crippen molar-refractivity contribution >= 4 is 11.9 Å². The molecule has 31 heavy (non-hydrogen) atoms. The van der Waals surface area contributed by atoms with Crippen LogP contribution in [0, 0.1) is 40.9 Å². The Hall–Kier alpha value is -2.48. The van der Waals surface area contributed by atoms with E-state index < -0.39 is 6.16 Å². The van der Waals surface area contributed by atoms with Crippen molar-refractivity contribution in [3.8, 4) is 11.8 Å². The number of methoxy groups -OCH3 is 1. The highest BCUT2D eigenvalue weighted by Gasteiger charge is 2.46. The smallest absolute Gasteiger partial charge is 0.496 e. The number of ether oxygens (including phenoxy) is 3. The molecule has 0 spiro atoms. The third-order valence-electron chi connectivity index (χ3n) is 7.90. The second kappa shape index (κ2) is 8.57. The largest absolute Gasteiger partial charge is 0.514 e. The first kappa shape index (κ1) is 20.4. The summed E-state index contributed by atoms with van der Waals surface area (Å²) in [5, 5.41) is 9.30. The first-order chi connectivity index (χ1) is 15.1. The number of rotatable bonds is 4. The molecule has 0 amide bonds. The quantitative estimate of drug-likeness (QED) is 0.334. The van der Waals surface area contributed by atoms with Crippen LogP contribution in [0.1, 0.15) is 63.4 Å².